The van der Waals surface area contributed by atoms with Gasteiger partial charge < -0.3 is 28.3 Å². The Morgan fingerprint density at radius 3 is 1.67 bits per heavy atom. The van der Waals surface area contributed by atoms with Gasteiger partial charge in [-0.3, -0.25) is 0 Å². The van der Waals surface area contributed by atoms with Crippen molar-refractivity contribution in [1.29, 1.82) is 0 Å². The summed E-state index contributed by atoms with van der Waals surface area (Å²) in [6.07, 6.45) is -0.0961. The highest BCUT2D eigenvalue weighted by atomic mass is 32.2. The van der Waals surface area contributed by atoms with Gasteiger partial charge in [-0.15, -0.1) is 16.5 Å². The van der Waals surface area contributed by atoms with Crippen molar-refractivity contribution in [2.24, 2.45) is 0 Å². The van der Waals surface area contributed by atoms with Crippen LogP contribution in [0.2, 0.25) is 0 Å². The molecule has 12 heteroatoms. The number of carbonyl (C=O) groups excluding carboxylic acids is 4. The average molecular weight is 706 g/mol. The van der Waals surface area contributed by atoms with E-state index in [1.807, 2.05) is 32.9 Å². The van der Waals surface area contributed by atoms with Gasteiger partial charge in [0.2, 0.25) is 0 Å². The standard InChI is InChI=1S/C37H39NO9S2/c1-37(2,3)49(43)38-28-22-14-13-21-27(23-39)48-36-32(46-35(42)26-19-11-6-12-20-26)31(45-34(41)25-17-9-5-10-18-25)30(29(28)47-36)44-33(40)24-15-7-4-8-16-24/h4-20,23,27-32,36,38H,21-22H2,1-3H3/t27?,28-,29-,30+,31+,32-,36-,49-/m1/s1. The summed E-state index contributed by atoms with van der Waals surface area (Å²) in [5.41, 5.74) is -0.384. The lowest BCUT2D eigenvalue weighted by Crippen LogP contribution is -2.66. The van der Waals surface area contributed by atoms with E-state index >= 15 is 0 Å². The van der Waals surface area contributed by atoms with E-state index in [-0.39, 0.29) is 23.1 Å². The Balaban J connectivity index is 1.64. The van der Waals surface area contributed by atoms with E-state index in [9.17, 15) is 23.7 Å². The highest BCUT2D eigenvalue weighted by Crippen LogP contribution is 2.39. The van der Waals surface area contributed by atoms with Crippen LogP contribution in [-0.4, -0.2) is 74.6 Å². The highest BCUT2D eigenvalue weighted by molar-refractivity contribution is 8.01. The monoisotopic (exact) mass is 705 g/mol. The van der Waals surface area contributed by atoms with Gasteiger partial charge in [0.15, 0.2) is 18.3 Å². The molecular formula is C37H39NO9S2. The number of benzene rings is 3. The normalized spacial score (nSPS) is 26.1. The minimum Gasteiger partial charge on any atom is -0.598 e. The van der Waals surface area contributed by atoms with E-state index in [0.29, 0.717) is 6.42 Å². The number of hydrogen-bond donors (Lipinski definition) is 1. The molecule has 0 saturated carbocycles. The quantitative estimate of drug-likeness (QED) is 0.0998. The Hall–Kier alpha value is -3.94. The summed E-state index contributed by atoms with van der Waals surface area (Å²) >= 11 is -0.490. The van der Waals surface area contributed by atoms with Crippen LogP contribution in [-0.2, 0) is 35.1 Å². The smallest absolute Gasteiger partial charge is 0.338 e. The third kappa shape index (κ3) is 9.40. The molecule has 1 fully saturated rings. The molecule has 0 amide bonds. The van der Waals surface area contributed by atoms with Crippen LogP contribution in [0.3, 0.4) is 0 Å². The van der Waals surface area contributed by atoms with E-state index in [1.54, 1.807) is 91.0 Å². The Morgan fingerprint density at radius 1 is 0.755 bits per heavy atom. The molecule has 2 aliphatic heterocycles. The molecular weight excluding hydrogens is 667 g/mol. The first-order valence-electron chi connectivity index (χ1n) is 15.9. The predicted octanol–water partition coefficient (Wildman–Crippen LogP) is 5.46. The van der Waals surface area contributed by atoms with Crippen LogP contribution in [0.5, 0.6) is 0 Å². The van der Waals surface area contributed by atoms with E-state index in [2.05, 4.69) is 4.72 Å². The van der Waals surface area contributed by atoms with Crippen molar-refractivity contribution in [1.82, 2.24) is 4.72 Å². The minimum absolute atomic E-state index is 0.217. The lowest BCUT2D eigenvalue weighted by molar-refractivity contribution is -0.205. The Morgan fingerprint density at radius 2 is 1.20 bits per heavy atom. The summed E-state index contributed by atoms with van der Waals surface area (Å²) in [6, 6.07) is 24.1. The topological polar surface area (TPSA) is 140 Å². The van der Waals surface area contributed by atoms with E-state index in [1.165, 1.54) is 0 Å². The number of aldehydes is 1. The number of hydrogen-bond acceptors (Lipinski definition) is 11. The number of carbonyl (C=O) groups is 4. The molecule has 3 aromatic rings. The van der Waals surface area contributed by atoms with Crippen LogP contribution in [0.25, 0.3) is 0 Å². The summed E-state index contributed by atoms with van der Waals surface area (Å²) in [5.74, 6) is -2.22. The molecule has 1 N–H and O–H groups in total. The second-order valence-corrected chi connectivity index (χ2v) is 15.9. The molecule has 258 valence electrons. The molecule has 2 heterocycles. The van der Waals surface area contributed by atoms with E-state index in [4.69, 9.17) is 18.9 Å². The molecule has 8 atom stereocenters. The van der Waals surface area contributed by atoms with Crippen molar-refractivity contribution in [2.75, 3.05) is 0 Å². The SMILES string of the molecule is CC(C)(C)[S@@+]([O-])N[C@@H]1CC=CCC(C=O)S[C@H]2O[C@H]1[C@H](OC(=O)c1ccccc1)[C@H](OC(=O)c1ccccc1)[C@H]2OC(=O)c1ccccc1. The molecule has 3 aromatic carbocycles. The van der Waals surface area contributed by atoms with Crippen LogP contribution >= 0.6 is 11.8 Å². The van der Waals surface area contributed by atoms with Crippen LogP contribution in [0, 0.1) is 0 Å². The summed E-state index contributed by atoms with van der Waals surface area (Å²) in [5, 5.41) is -0.609. The van der Waals surface area contributed by atoms with Gasteiger partial charge in [0.25, 0.3) is 0 Å². The molecule has 10 nitrogen and oxygen atoms in total. The number of allylic oxidation sites excluding steroid dienone is 1. The van der Waals surface area contributed by atoms with Crippen molar-refractivity contribution >= 4 is 47.3 Å². The average Bonchev–Trinajstić information content (AvgIpc) is 3.11. The van der Waals surface area contributed by atoms with Gasteiger partial charge >= 0.3 is 17.9 Å². The van der Waals surface area contributed by atoms with Gasteiger partial charge in [-0.25, -0.2) is 14.4 Å². The zero-order chi connectivity index (χ0) is 35.0. The number of nitrogens with one attached hydrogen (secondary N) is 1. The minimum atomic E-state index is -1.59. The number of rotatable bonds is 9. The maximum Gasteiger partial charge on any atom is 0.338 e. The number of fused-ring (bicyclic) bond motifs is 2. The Bertz CT molecular complexity index is 1600. The zero-order valence-electron chi connectivity index (χ0n) is 27.3. The first-order chi connectivity index (χ1) is 23.5. The van der Waals surface area contributed by atoms with Crippen molar-refractivity contribution in [3.05, 3.63) is 120 Å². The molecule has 2 bridgehead atoms. The Kier molecular flexibility index (Phi) is 12.3. The molecule has 0 spiro atoms. The maximum absolute atomic E-state index is 13.7. The molecule has 5 rings (SSSR count). The summed E-state index contributed by atoms with van der Waals surface area (Å²) in [7, 11) is 0. The van der Waals surface area contributed by atoms with Crippen LogP contribution in [0.1, 0.15) is 64.7 Å². The fourth-order valence-electron chi connectivity index (χ4n) is 5.31. The fourth-order valence-corrected chi connectivity index (χ4v) is 7.36. The van der Waals surface area contributed by atoms with Gasteiger partial charge in [0.05, 0.1) is 28.0 Å². The van der Waals surface area contributed by atoms with Gasteiger partial charge in [-0.2, -0.15) is 0 Å². The summed E-state index contributed by atoms with van der Waals surface area (Å²) < 4.78 is 41.1. The predicted molar refractivity (Wildman–Crippen MR) is 186 cm³/mol. The molecule has 0 aromatic heterocycles. The van der Waals surface area contributed by atoms with Crippen molar-refractivity contribution in [2.45, 2.75) is 79.5 Å². The van der Waals surface area contributed by atoms with Gasteiger partial charge in [-0.05, 0) is 70.0 Å². The van der Waals surface area contributed by atoms with Crippen LogP contribution in [0.4, 0.5) is 0 Å². The third-order valence-corrected chi connectivity index (χ3v) is 10.8. The second kappa shape index (κ2) is 16.6. The lowest BCUT2D eigenvalue weighted by Gasteiger charge is -2.47. The Labute approximate surface area is 293 Å². The van der Waals surface area contributed by atoms with Gasteiger partial charge in [0.1, 0.15) is 22.6 Å². The number of ether oxygens (including phenoxy) is 4. The highest BCUT2D eigenvalue weighted by Gasteiger charge is 2.56. The fraction of sp³-hybridized carbons (Fsp3) is 0.351. The first-order valence-corrected chi connectivity index (χ1v) is 18.0. The molecule has 0 aliphatic carbocycles. The zero-order valence-corrected chi connectivity index (χ0v) is 29.0. The molecule has 2 aliphatic rings. The summed E-state index contributed by atoms with van der Waals surface area (Å²) in [6.45, 7) is 5.45. The molecule has 0 radical (unpaired) electrons. The van der Waals surface area contributed by atoms with Crippen LogP contribution < -0.4 is 4.72 Å². The van der Waals surface area contributed by atoms with Crippen molar-refractivity contribution < 1.29 is 42.7 Å². The number of esters is 3. The van der Waals surface area contributed by atoms with Crippen molar-refractivity contribution in [3.63, 3.8) is 0 Å². The number of thioether (sulfide) groups is 1. The molecule has 1 saturated heterocycles. The van der Waals surface area contributed by atoms with Gasteiger partial charge in [-0.1, -0.05) is 66.7 Å². The van der Waals surface area contributed by atoms with Crippen LogP contribution in [0.15, 0.2) is 103 Å². The van der Waals surface area contributed by atoms with Gasteiger partial charge in [0, 0.05) is 11.4 Å². The maximum atomic E-state index is 13.7. The largest absolute Gasteiger partial charge is 0.598 e. The third-order valence-electron chi connectivity index (χ3n) is 7.89. The van der Waals surface area contributed by atoms with Crippen molar-refractivity contribution in [3.8, 4) is 0 Å². The van der Waals surface area contributed by atoms with E-state index < -0.39 is 75.2 Å². The second-order valence-electron chi connectivity index (χ2n) is 12.5. The molecule has 49 heavy (non-hydrogen) atoms. The first kappa shape index (κ1) is 36.3. The molecule has 1 unspecified atom stereocenters. The van der Waals surface area contributed by atoms with E-state index in [0.717, 1.165) is 18.0 Å². The summed E-state index contributed by atoms with van der Waals surface area (Å²) in [4.78, 5) is 53.3. The lowest BCUT2D eigenvalue weighted by atomic mass is 9.92.